The van der Waals surface area contributed by atoms with E-state index >= 15 is 0 Å². The number of amides is 1. The van der Waals surface area contributed by atoms with Crippen molar-refractivity contribution >= 4 is 27.7 Å². The van der Waals surface area contributed by atoms with Crippen LogP contribution >= 0.6 is 0 Å². The van der Waals surface area contributed by atoms with Crippen LogP contribution in [0.25, 0.3) is 33.1 Å². The Morgan fingerprint density at radius 2 is 1.25 bits per heavy atom. The van der Waals surface area contributed by atoms with Gasteiger partial charge >= 0.3 is 0 Å². The van der Waals surface area contributed by atoms with E-state index in [4.69, 9.17) is 4.98 Å². The standard InChI is InChI=1S/C42H33N5O/c1-29(30-14-6-2-7-15-30)44-41(48)38-27-32-26-36-39(28-37(32)45-38)47(46-40(36)31-22-24-43-25-23-31)42(33-16-8-3-9-17-33,34-18-10-4-11-19-34)35-20-12-5-13-21-35/h2-29,46H,1H3,(H,44,48). The lowest BCUT2D eigenvalue weighted by molar-refractivity contribution is 0.0935. The molecule has 48 heavy (non-hydrogen) atoms. The van der Waals surface area contributed by atoms with E-state index in [2.05, 4.69) is 105 Å². The van der Waals surface area contributed by atoms with Gasteiger partial charge in [0.2, 0.25) is 0 Å². The molecule has 3 aromatic heterocycles. The molecule has 0 aliphatic carbocycles. The van der Waals surface area contributed by atoms with E-state index < -0.39 is 5.54 Å². The van der Waals surface area contributed by atoms with E-state index in [1.807, 2.05) is 86.0 Å². The topological polar surface area (TPSA) is 75.6 Å². The molecule has 0 saturated heterocycles. The van der Waals surface area contributed by atoms with Gasteiger partial charge in [0, 0.05) is 28.7 Å². The summed E-state index contributed by atoms with van der Waals surface area (Å²) in [6.45, 7) is 1.99. The van der Waals surface area contributed by atoms with Crippen molar-refractivity contribution in [1.82, 2.24) is 25.1 Å². The van der Waals surface area contributed by atoms with Gasteiger partial charge in [-0.3, -0.25) is 19.6 Å². The van der Waals surface area contributed by atoms with Gasteiger partial charge in [0.25, 0.3) is 5.91 Å². The normalized spacial score (nSPS) is 12.3. The van der Waals surface area contributed by atoms with Gasteiger partial charge in [-0.25, -0.2) is 4.98 Å². The summed E-state index contributed by atoms with van der Waals surface area (Å²) in [6, 6.07) is 51.7. The van der Waals surface area contributed by atoms with Crippen LogP contribution in [0.2, 0.25) is 0 Å². The summed E-state index contributed by atoms with van der Waals surface area (Å²) in [7, 11) is 0. The Morgan fingerprint density at radius 3 is 1.81 bits per heavy atom. The molecule has 0 spiro atoms. The van der Waals surface area contributed by atoms with Gasteiger partial charge in [0.05, 0.1) is 22.8 Å². The molecule has 5 aromatic carbocycles. The number of nitrogens with zero attached hydrogens (tertiary/aromatic N) is 3. The molecule has 1 amide bonds. The molecule has 8 rings (SSSR count). The summed E-state index contributed by atoms with van der Waals surface area (Å²) < 4.78 is 2.27. The molecular weight excluding hydrogens is 590 g/mol. The zero-order chi connectivity index (χ0) is 32.5. The highest BCUT2D eigenvalue weighted by Crippen LogP contribution is 2.44. The smallest absolute Gasteiger partial charge is 0.270 e. The van der Waals surface area contributed by atoms with Crippen LogP contribution < -0.4 is 5.32 Å². The Kier molecular flexibility index (Phi) is 7.38. The van der Waals surface area contributed by atoms with Crippen molar-refractivity contribution in [3.8, 4) is 11.3 Å². The van der Waals surface area contributed by atoms with E-state index in [9.17, 15) is 4.79 Å². The highest BCUT2D eigenvalue weighted by molar-refractivity contribution is 6.05. The number of pyridine rings is 1. The van der Waals surface area contributed by atoms with Crippen molar-refractivity contribution in [3.05, 3.63) is 192 Å². The van der Waals surface area contributed by atoms with Crippen LogP contribution in [0.1, 0.15) is 45.7 Å². The van der Waals surface area contributed by atoms with E-state index in [-0.39, 0.29) is 11.9 Å². The summed E-state index contributed by atoms with van der Waals surface area (Å²) in [5.74, 6) is -0.205. The number of carbonyl (C=O) groups excluding carboxylic acids is 1. The molecule has 3 heterocycles. The van der Waals surface area contributed by atoms with Gasteiger partial charge in [0.1, 0.15) is 11.2 Å². The number of fused-ring (bicyclic) bond motifs is 2. The van der Waals surface area contributed by atoms with Gasteiger partial charge < -0.3 is 5.32 Å². The van der Waals surface area contributed by atoms with Crippen molar-refractivity contribution in [3.63, 3.8) is 0 Å². The van der Waals surface area contributed by atoms with Crippen molar-refractivity contribution in [1.29, 1.82) is 0 Å². The average Bonchev–Trinajstić information content (AvgIpc) is 3.75. The van der Waals surface area contributed by atoms with Gasteiger partial charge in [-0.2, -0.15) is 0 Å². The highest BCUT2D eigenvalue weighted by Gasteiger charge is 2.40. The van der Waals surface area contributed by atoms with E-state index in [1.165, 1.54) is 0 Å². The molecule has 0 saturated carbocycles. The molecule has 2 N–H and O–H groups in total. The third-order valence-corrected chi connectivity index (χ3v) is 9.17. The van der Waals surface area contributed by atoms with E-state index in [1.54, 1.807) is 0 Å². The van der Waals surface area contributed by atoms with Gasteiger partial charge in [-0.05, 0) is 59.5 Å². The Morgan fingerprint density at radius 1 is 0.708 bits per heavy atom. The summed E-state index contributed by atoms with van der Waals surface area (Å²) in [5.41, 5.74) is 7.61. The number of aromatic nitrogens is 4. The van der Waals surface area contributed by atoms with Crippen LogP contribution in [0, 0.1) is 0 Å². The number of hydrogen-bond acceptors (Lipinski definition) is 3. The first-order valence-corrected chi connectivity index (χ1v) is 16.1. The van der Waals surface area contributed by atoms with Gasteiger partial charge in [0.15, 0.2) is 0 Å². The minimum absolute atomic E-state index is 0.155. The lowest BCUT2D eigenvalue weighted by atomic mass is 9.77. The second-order valence-corrected chi connectivity index (χ2v) is 12.0. The fraction of sp³-hybridized carbons (Fsp3) is 0.0714. The molecule has 0 fully saturated rings. The van der Waals surface area contributed by atoms with Crippen LogP contribution in [-0.4, -0.2) is 25.7 Å². The van der Waals surface area contributed by atoms with Crippen LogP contribution in [-0.2, 0) is 5.54 Å². The average molecular weight is 624 g/mol. The maximum atomic E-state index is 13.5. The van der Waals surface area contributed by atoms with Crippen LogP contribution in [0.15, 0.2) is 164 Å². The van der Waals surface area contributed by atoms with Crippen LogP contribution in [0.3, 0.4) is 0 Å². The van der Waals surface area contributed by atoms with Crippen molar-refractivity contribution < 1.29 is 4.79 Å². The zero-order valence-corrected chi connectivity index (χ0v) is 26.4. The fourth-order valence-electron chi connectivity index (χ4n) is 6.87. The molecule has 0 radical (unpaired) electrons. The van der Waals surface area contributed by atoms with Crippen molar-refractivity contribution in [2.75, 3.05) is 0 Å². The first-order chi connectivity index (χ1) is 23.6. The summed E-state index contributed by atoms with van der Waals surface area (Å²) in [4.78, 5) is 22.7. The Bertz CT molecular complexity index is 2240. The minimum atomic E-state index is -0.779. The van der Waals surface area contributed by atoms with Crippen LogP contribution in [0.4, 0.5) is 0 Å². The lowest BCUT2D eigenvalue weighted by Gasteiger charge is -2.37. The number of nitrogens with one attached hydrogen (secondary N) is 2. The molecule has 6 nitrogen and oxygen atoms in total. The number of carbonyl (C=O) groups is 1. The molecule has 6 heteroatoms. The quantitative estimate of drug-likeness (QED) is 0.166. The molecule has 0 aliphatic rings. The number of rotatable bonds is 8. The molecule has 8 aromatic rings. The molecular formula is C42H33N5O. The van der Waals surface area contributed by atoms with Gasteiger partial charge in [-0.1, -0.05) is 121 Å². The first-order valence-electron chi connectivity index (χ1n) is 16.1. The summed E-state index contributed by atoms with van der Waals surface area (Å²) in [5, 5.41) is 8.90. The number of H-pyrrole nitrogens is 1. The highest BCUT2D eigenvalue weighted by atomic mass is 16.1. The lowest BCUT2D eigenvalue weighted by Crippen LogP contribution is -2.38. The van der Waals surface area contributed by atoms with Crippen LogP contribution in [0.5, 0.6) is 0 Å². The Balaban J connectivity index is 1.39. The summed E-state index contributed by atoms with van der Waals surface area (Å²) in [6.07, 6.45) is 3.62. The minimum Gasteiger partial charge on any atom is -0.344 e. The Labute approximate surface area is 278 Å². The maximum absolute atomic E-state index is 13.5. The maximum Gasteiger partial charge on any atom is 0.270 e. The van der Waals surface area contributed by atoms with Crippen molar-refractivity contribution in [2.45, 2.75) is 18.5 Å². The van der Waals surface area contributed by atoms with E-state index in [0.29, 0.717) is 5.69 Å². The van der Waals surface area contributed by atoms with Gasteiger partial charge in [-0.15, -0.1) is 0 Å². The number of benzene rings is 5. The predicted molar refractivity (Wildman–Crippen MR) is 192 cm³/mol. The second kappa shape index (κ2) is 12.2. The fourth-order valence-corrected chi connectivity index (χ4v) is 6.87. The molecule has 232 valence electrons. The molecule has 0 aliphatic heterocycles. The number of hydrogen-bond donors (Lipinski definition) is 2. The third-order valence-electron chi connectivity index (χ3n) is 9.17. The Hall–Kier alpha value is -6.27. The molecule has 1 atom stereocenters. The third kappa shape index (κ3) is 4.95. The molecule has 0 bridgehead atoms. The first kappa shape index (κ1) is 29.2. The van der Waals surface area contributed by atoms with E-state index in [0.717, 1.165) is 55.3 Å². The summed E-state index contributed by atoms with van der Waals surface area (Å²) >= 11 is 0. The largest absolute Gasteiger partial charge is 0.344 e. The predicted octanol–water partition coefficient (Wildman–Crippen LogP) is 8.91. The second-order valence-electron chi connectivity index (χ2n) is 12.0. The number of aromatic amines is 1. The van der Waals surface area contributed by atoms with Crippen molar-refractivity contribution in [2.24, 2.45) is 0 Å². The zero-order valence-electron chi connectivity index (χ0n) is 26.4. The molecule has 1 unspecified atom stereocenters. The monoisotopic (exact) mass is 623 g/mol. The SMILES string of the molecule is CC(NC(=O)c1cc2cc3c(-c4ccncc4)[nH]n(C(c4ccccc4)(c4ccccc4)c4ccccc4)c3cc2n1)c1ccccc1.